The number of thiazole rings is 1. The van der Waals surface area contributed by atoms with Crippen molar-refractivity contribution in [2.45, 2.75) is 182 Å². The molecule has 0 bridgehead atoms. The largest absolute Gasteiger partial charge is 0.497 e. The predicted molar refractivity (Wildman–Crippen MR) is 280 cm³/mol. The number of likely N-dealkylation sites (N-methyl/N-ethyl adjacent to an activating group) is 1. The van der Waals surface area contributed by atoms with E-state index in [4.69, 9.17) is 24.4 Å². The summed E-state index contributed by atoms with van der Waals surface area (Å²) in [5, 5.41) is 22.1. The summed E-state index contributed by atoms with van der Waals surface area (Å²) in [7, 11) is 4.86. The number of carboxylic acid groups (broad SMARTS) is 1. The SMILES string of the molecule is C1CCCCC1.CC.CC.CC1CCC1.CNC(=O)[C@@H]1CCCN1C(=O)CNC(=O)NC(C(=O)C1CC1)C1CCCCC1.COc1ccc2c(OC)cc(-c3csc(NC(C)C)n3)nc2c1.O=CO. The molecular formula is C53H87N7O8S. The fourth-order valence-corrected chi connectivity index (χ4v) is 9.30. The molecule has 0 radical (unpaired) electrons. The van der Waals surface area contributed by atoms with E-state index in [9.17, 15) is 19.2 Å². The summed E-state index contributed by atoms with van der Waals surface area (Å²) < 4.78 is 10.8. The standard InChI is InChI=1S/C20H32N4O4.C17H19N3O2S.C6H12.C5H10.2C2H6.CH2O2/c1-21-19(27)15-8-5-11-24(15)16(25)12-22-20(28)23-17(18(26)14-9-10-14)13-6-3-2-4-7-13;1-10(2)18-17-20-15(9-23-17)14-8-16(22-4)12-6-5-11(21-3)7-13(12)19-14;1-2-4-6-5-3-1;1-5-3-2-4-5;2*1-2;2-1-3/h13-15,17H,2-12H2,1H3,(H,21,27)(H2,22,23,28);5-10H,1-4H3,(H,18,20);1-6H2;5H,2-4H2,1H3;2*1-2H3;1H,(H,2,3)/t15-,17?;;;;;;/m0....../s1. The molecule has 4 amide bonds. The molecule has 1 aliphatic heterocycles. The van der Waals surface area contributed by atoms with Gasteiger partial charge in [-0.15, -0.1) is 11.3 Å². The molecule has 2 aromatic heterocycles. The Labute approximate surface area is 417 Å². The van der Waals surface area contributed by atoms with Crippen molar-refractivity contribution in [2.24, 2.45) is 17.8 Å². The first-order valence-corrected chi connectivity index (χ1v) is 26.7. The maximum atomic E-state index is 12.7. The number of likely N-dealkylation sites (tertiary alicyclic amines) is 1. The highest BCUT2D eigenvalue weighted by Crippen LogP contribution is 2.36. The number of anilines is 1. The second kappa shape index (κ2) is 34.3. The number of carbonyl (C=O) groups excluding carboxylic acids is 4. The fourth-order valence-electron chi connectivity index (χ4n) is 8.45. The van der Waals surface area contributed by atoms with Crippen molar-refractivity contribution in [3.05, 3.63) is 29.6 Å². The average Bonchev–Trinajstić information content (AvgIpc) is 3.93. The van der Waals surface area contributed by atoms with E-state index in [-0.39, 0.29) is 42.5 Å². The van der Waals surface area contributed by atoms with E-state index in [1.807, 2.05) is 57.3 Å². The maximum Gasteiger partial charge on any atom is 0.315 e. The Morgan fingerprint density at radius 2 is 1.41 bits per heavy atom. The summed E-state index contributed by atoms with van der Waals surface area (Å²) in [6.07, 6.45) is 22.0. The van der Waals surface area contributed by atoms with Crippen molar-refractivity contribution in [2.75, 3.05) is 39.7 Å². The summed E-state index contributed by atoms with van der Waals surface area (Å²) in [5.41, 5.74) is 2.45. The van der Waals surface area contributed by atoms with Crippen molar-refractivity contribution in [1.82, 2.24) is 30.8 Å². The van der Waals surface area contributed by atoms with Gasteiger partial charge in [0.15, 0.2) is 10.9 Å². The van der Waals surface area contributed by atoms with Crippen molar-refractivity contribution in [1.29, 1.82) is 0 Å². The van der Waals surface area contributed by atoms with E-state index >= 15 is 0 Å². The number of hydrogen-bond acceptors (Lipinski definition) is 11. The van der Waals surface area contributed by atoms with Gasteiger partial charge in [-0.2, -0.15) is 0 Å². The highest BCUT2D eigenvalue weighted by atomic mass is 32.1. The number of rotatable bonds is 12. The third-order valence-corrected chi connectivity index (χ3v) is 13.3. The molecule has 3 heterocycles. The normalized spacial score (nSPS) is 17.6. The molecule has 69 heavy (non-hydrogen) atoms. The zero-order valence-electron chi connectivity index (χ0n) is 43.6. The number of nitrogens with zero attached hydrogens (tertiary/aromatic N) is 3. The quantitative estimate of drug-likeness (QED) is 0.108. The lowest BCUT2D eigenvalue weighted by Gasteiger charge is -2.30. The van der Waals surface area contributed by atoms with E-state index in [1.165, 1.54) is 69.1 Å². The first kappa shape index (κ1) is 60.1. The van der Waals surface area contributed by atoms with Gasteiger partial charge in [-0.25, -0.2) is 14.8 Å². The van der Waals surface area contributed by atoms with Gasteiger partial charge in [0, 0.05) is 48.5 Å². The van der Waals surface area contributed by atoms with E-state index in [2.05, 4.69) is 47.0 Å². The van der Waals surface area contributed by atoms with Crippen LogP contribution in [0.5, 0.6) is 11.5 Å². The number of hydrogen-bond donors (Lipinski definition) is 5. The van der Waals surface area contributed by atoms with Crippen LogP contribution in [0.3, 0.4) is 0 Å². The number of nitrogens with one attached hydrogen (secondary N) is 4. The van der Waals surface area contributed by atoms with Gasteiger partial charge in [0.1, 0.15) is 23.2 Å². The number of ether oxygens (including phenoxy) is 2. The Bertz CT molecular complexity index is 1930. The highest BCUT2D eigenvalue weighted by Gasteiger charge is 2.40. The van der Waals surface area contributed by atoms with Crippen LogP contribution in [0.15, 0.2) is 29.6 Å². The van der Waals surface area contributed by atoms with E-state index in [0.29, 0.717) is 19.0 Å². The molecule has 1 saturated heterocycles. The molecule has 1 aromatic carbocycles. The molecule has 0 spiro atoms. The van der Waals surface area contributed by atoms with Crippen LogP contribution in [0.2, 0.25) is 0 Å². The predicted octanol–water partition coefficient (Wildman–Crippen LogP) is 11.0. The number of benzene rings is 1. The average molecular weight is 982 g/mol. The molecule has 2 atom stereocenters. The van der Waals surface area contributed by atoms with Crippen LogP contribution in [-0.2, 0) is 19.2 Å². The summed E-state index contributed by atoms with van der Waals surface area (Å²) in [6, 6.07) is 6.63. The summed E-state index contributed by atoms with van der Waals surface area (Å²) in [4.78, 5) is 68.6. The topological polar surface area (TPSA) is 201 Å². The number of amides is 4. The van der Waals surface area contributed by atoms with Gasteiger partial charge < -0.3 is 40.7 Å². The summed E-state index contributed by atoms with van der Waals surface area (Å²) in [6.45, 7) is 14.6. The lowest BCUT2D eigenvalue weighted by atomic mass is 9.81. The van der Waals surface area contributed by atoms with E-state index in [1.54, 1.807) is 32.6 Å². The van der Waals surface area contributed by atoms with Crippen molar-refractivity contribution in [3.8, 4) is 22.9 Å². The minimum absolute atomic E-state index is 0.0896. The molecule has 5 aliphatic rings. The fraction of sp³-hybridized carbons (Fsp3) is 0.679. The monoisotopic (exact) mass is 982 g/mol. The Balaban J connectivity index is 0.000000352. The Morgan fingerprint density at radius 1 is 0.812 bits per heavy atom. The molecule has 388 valence electrons. The number of ketones is 1. The lowest BCUT2D eigenvalue weighted by Crippen LogP contribution is -2.53. The Kier molecular flexibility index (Phi) is 29.9. The van der Waals surface area contributed by atoms with Gasteiger partial charge in [0.25, 0.3) is 6.47 Å². The molecule has 5 fully saturated rings. The molecule has 4 aliphatic carbocycles. The Hall–Kier alpha value is -4.99. The van der Waals surface area contributed by atoms with Gasteiger partial charge in [-0.1, -0.05) is 112 Å². The minimum Gasteiger partial charge on any atom is -0.497 e. The lowest BCUT2D eigenvalue weighted by molar-refractivity contribution is -0.137. The minimum atomic E-state index is -0.478. The van der Waals surface area contributed by atoms with E-state index in [0.717, 1.165) is 89.8 Å². The molecule has 15 nitrogen and oxygen atoms in total. The third kappa shape index (κ3) is 21.3. The number of Topliss-reactive ketones (excluding diaryl/α,β-unsaturated/α-hetero) is 1. The number of fused-ring (bicyclic) bond motifs is 1. The van der Waals surface area contributed by atoms with E-state index < -0.39 is 18.1 Å². The van der Waals surface area contributed by atoms with Crippen LogP contribution >= 0.6 is 11.3 Å². The van der Waals surface area contributed by atoms with Crippen LogP contribution in [-0.4, -0.2) is 103 Å². The molecule has 1 unspecified atom stereocenters. The maximum absolute atomic E-state index is 12.7. The molecule has 3 aromatic rings. The molecule has 4 saturated carbocycles. The summed E-state index contributed by atoms with van der Waals surface area (Å²) >= 11 is 1.57. The zero-order chi connectivity index (χ0) is 51.1. The number of pyridine rings is 1. The van der Waals surface area contributed by atoms with Gasteiger partial charge >= 0.3 is 6.03 Å². The van der Waals surface area contributed by atoms with Crippen LogP contribution in [0.4, 0.5) is 9.93 Å². The van der Waals surface area contributed by atoms with Crippen LogP contribution in [0.1, 0.15) is 164 Å². The second-order valence-corrected chi connectivity index (χ2v) is 18.8. The molecular weight excluding hydrogens is 895 g/mol. The zero-order valence-corrected chi connectivity index (χ0v) is 44.4. The van der Waals surface area contributed by atoms with Gasteiger partial charge in [0.05, 0.1) is 38.0 Å². The molecule has 5 N–H and O–H groups in total. The molecule has 16 heteroatoms. The number of methoxy groups -OCH3 is 2. The van der Waals surface area contributed by atoms with Crippen molar-refractivity contribution >= 4 is 57.5 Å². The number of aromatic nitrogens is 2. The highest BCUT2D eigenvalue weighted by molar-refractivity contribution is 7.14. The second-order valence-electron chi connectivity index (χ2n) is 17.9. The van der Waals surface area contributed by atoms with Gasteiger partial charge in [-0.3, -0.25) is 19.2 Å². The van der Waals surface area contributed by atoms with Crippen molar-refractivity contribution < 1.29 is 38.6 Å². The van der Waals surface area contributed by atoms with Crippen LogP contribution < -0.4 is 30.7 Å². The molecule has 8 rings (SSSR count). The first-order valence-electron chi connectivity index (χ1n) is 25.8. The third-order valence-electron chi connectivity index (χ3n) is 12.5. The number of carbonyl (C=O) groups is 5. The number of urea groups is 1. The smallest absolute Gasteiger partial charge is 0.315 e. The summed E-state index contributed by atoms with van der Waals surface area (Å²) in [5.74, 6) is 2.59. The van der Waals surface area contributed by atoms with Gasteiger partial charge in [-0.05, 0) is 76.3 Å². The van der Waals surface area contributed by atoms with Crippen LogP contribution in [0, 0.1) is 17.8 Å². The Morgan fingerprint density at radius 3 is 1.91 bits per heavy atom. The van der Waals surface area contributed by atoms with Gasteiger partial charge in [0.2, 0.25) is 11.8 Å². The van der Waals surface area contributed by atoms with Crippen molar-refractivity contribution in [3.63, 3.8) is 0 Å². The van der Waals surface area contributed by atoms with Crippen LogP contribution in [0.25, 0.3) is 22.3 Å². The first-order chi connectivity index (χ1) is 33.4.